The third-order valence-corrected chi connectivity index (χ3v) is 3.12. The molecule has 0 atom stereocenters. The SMILES string of the molecule is Nc1ccccc1-c1ccc(/C=C/C(=O)NO)c(Cl)c1. The van der Waals surface area contributed by atoms with E-state index in [1.54, 1.807) is 12.1 Å². The van der Waals surface area contributed by atoms with Crippen LogP contribution in [0.2, 0.25) is 5.02 Å². The maximum atomic E-state index is 10.9. The number of nitrogens with two attached hydrogens (primary N) is 1. The molecule has 0 spiro atoms. The van der Waals surface area contributed by atoms with Gasteiger partial charge in [-0.25, -0.2) is 5.48 Å². The molecular weight excluding hydrogens is 276 g/mol. The van der Waals surface area contributed by atoms with Gasteiger partial charge in [-0.05, 0) is 29.3 Å². The Morgan fingerprint density at radius 1 is 1.25 bits per heavy atom. The molecule has 20 heavy (non-hydrogen) atoms. The molecule has 5 heteroatoms. The molecule has 0 aliphatic carbocycles. The lowest BCUT2D eigenvalue weighted by atomic mass is 10.0. The summed E-state index contributed by atoms with van der Waals surface area (Å²) in [5.74, 6) is -0.613. The van der Waals surface area contributed by atoms with E-state index in [0.717, 1.165) is 11.1 Å². The molecule has 2 rings (SSSR count). The van der Waals surface area contributed by atoms with E-state index in [4.69, 9.17) is 22.5 Å². The van der Waals surface area contributed by atoms with E-state index in [2.05, 4.69) is 0 Å². The Kier molecular flexibility index (Phi) is 4.40. The average molecular weight is 289 g/mol. The maximum absolute atomic E-state index is 10.9. The first-order valence-corrected chi connectivity index (χ1v) is 6.26. The molecule has 0 saturated carbocycles. The molecule has 102 valence electrons. The number of amides is 1. The summed E-state index contributed by atoms with van der Waals surface area (Å²) < 4.78 is 0. The van der Waals surface area contributed by atoms with Crippen molar-refractivity contribution in [1.29, 1.82) is 0 Å². The summed E-state index contributed by atoms with van der Waals surface area (Å²) in [7, 11) is 0. The summed E-state index contributed by atoms with van der Waals surface area (Å²) in [6.07, 6.45) is 2.71. The van der Waals surface area contributed by atoms with Crippen molar-refractivity contribution in [2.24, 2.45) is 0 Å². The van der Waals surface area contributed by atoms with Crippen LogP contribution in [0.5, 0.6) is 0 Å². The number of anilines is 1. The van der Waals surface area contributed by atoms with Gasteiger partial charge in [-0.15, -0.1) is 0 Å². The van der Waals surface area contributed by atoms with Crippen LogP contribution in [-0.2, 0) is 4.79 Å². The van der Waals surface area contributed by atoms with Crippen molar-refractivity contribution in [3.8, 4) is 11.1 Å². The van der Waals surface area contributed by atoms with E-state index in [1.165, 1.54) is 17.6 Å². The summed E-state index contributed by atoms with van der Waals surface area (Å²) in [6.45, 7) is 0. The summed E-state index contributed by atoms with van der Waals surface area (Å²) in [6, 6.07) is 12.9. The van der Waals surface area contributed by atoms with E-state index in [1.807, 2.05) is 30.3 Å². The second-order valence-corrected chi connectivity index (χ2v) is 4.54. The number of rotatable bonds is 3. The van der Waals surface area contributed by atoms with Crippen LogP contribution in [0.3, 0.4) is 0 Å². The highest BCUT2D eigenvalue weighted by atomic mass is 35.5. The van der Waals surface area contributed by atoms with Crippen molar-refractivity contribution in [1.82, 2.24) is 5.48 Å². The smallest absolute Gasteiger partial charge is 0.267 e. The molecule has 0 aromatic heterocycles. The van der Waals surface area contributed by atoms with Gasteiger partial charge in [-0.3, -0.25) is 10.0 Å². The fraction of sp³-hybridized carbons (Fsp3) is 0. The van der Waals surface area contributed by atoms with Crippen LogP contribution in [0, 0.1) is 0 Å². The Bertz CT molecular complexity index is 669. The molecular formula is C15H13ClN2O2. The molecule has 0 aliphatic rings. The van der Waals surface area contributed by atoms with E-state index >= 15 is 0 Å². The van der Waals surface area contributed by atoms with Crippen LogP contribution in [0.1, 0.15) is 5.56 Å². The third kappa shape index (κ3) is 3.17. The highest BCUT2D eigenvalue weighted by Crippen LogP contribution is 2.29. The van der Waals surface area contributed by atoms with Gasteiger partial charge in [0.25, 0.3) is 5.91 Å². The minimum absolute atomic E-state index is 0.493. The van der Waals surface area contributed by atoms with E-state index in [9.17, 15) is 4.79 Å². The van der Waals surface area contributed by atoms with Crippen LogP contribution < -0.4 is 11.2 Å². The first-order chi connectivity index (χ1) is 9.61. The molecule has 0 bridgehead atoms. The monoisotopic (exact) mass is 288 g/mol. The Morgan fingerprint density at radius 3 is 2.65 bits per heavy atom. The highest BCUT2D eigenvalue weighted by Gasteiger charge is 2.05. The van der Waals surface area contributed by atoms with Crippen LogP contribution in [0.15, 0.2) is 48.5 Å². The molecule has 2 aromatic carbocycles. The van der Waals surface area contributed by atoms with Crippen LogP contribution in [-0.4, -0.2) is 11.1 Å². The van der Waals surface area contributed by atoms with Crippen LogP contribution >= 0.6 is 11.6 Å². The van der Waals surface area contributed by atoms with Gasteiger partial charge in [0.15, 0.2) is 0 Å². The summed E-state index contributed by atoms with van der Waals surface area (Å²) >= 11 is 6.17. The van der Waals surface area contributed by atoms with Gasteiger partial charge >= 0.3 is 0 Å². The van der Waals surface area contributed by atoms with Crippen molar-refractivity contribution in [3.05, 3.63) is 59.1 Å². The van der Waals surface area contributed by atoms with Crippen molar-refractivity contribution < 1.29 is 10.0 Å². The Hall–Kier alpha value is -2.30. The Morgan fingerprint density at radius 2 is 2.00 bits per heavy atom. The lowest BCUT2D eigenvalue weighted by molar-refractivity contribution is -0.124. The lowest BCUT2D eigenvalue weighted by Gasteiger charge is -2.07. The molecule has 0 unspecified atom stereocenters. The minimum atomic E-state index is -0.613. The zero-order valence-electron chi connectivity index (χ0n) is 10.5. The molecule has 2 aromatic rings. The van der Waals surface area contributed by atoms with Crippen LogP contribution in [0.4, 0.5) is 5.69 Å². The first-order valence-electron chi connectivity index (χ1n) is 5.88. The number of para-hydroxylation sites is 1. The molecule has 0 saturated heterocycles. The number of halogens is 1. The second-order valence-electron chi connectivity index (χ2n) is 4.13. The van der Waals surface area contributed by atoms with E-state index in [-0.39, 0.29) is 0 Å². The zero-order valence-corrected chi connectivity index (χ0v) is 11.3. The normalized spacial score (nSPS) is 10.7. The molecule has 4 nitrogen and oxygen atoms in total. The summed E-state index contributed by atoms with van der Waals surface area (Å²) in [5, 5.41) is 8.90. The standard InChI is InChI=1S/C15H13ClN2O2/c16-13-9-11(12-3-1-2-4-14(12)17)6-5-10(13)7-8-15(19)18-20/h1-9,20H,17H2,(H,18,19)/b8-7+. The van der Waals surface area contributed by atoms with Crippen molar-refractivity contribution in [2.75, 3.05) is 5.73 Å². The molecule has 0 radical (unpaired) electrons. The number of hydrogen-bond donors (Lipinski definition) is 3. The van der Waals surface area contributed by atoms with Gasteiger partial charge in [0.05, 0.1) is 0 Å². The highest BCUT2D eigenvalue weighted by molar-refractivity contribution is 6.32. The average Bonchev–Trinajstić information content (AvgIpc) is 2.46. The number of carbonyl (C=O) groups is 1. The van der Waals surface area contributed by atoms with Crippen molar-refractivity contribution in [2.45, 2.75) is 0 Å². The van der Waals surface area contributed by atoms with Gasteiger partial charge in [0.1, 0.15) is 0 Å². The molecule has 0 heterocycles. The predicted octanol–water partition coefficient (Wildman–Crippen LogP) is 3.11. The lowest BCUT2D eigenvalue weighted by Crippen LogP contribution is -2.14. The molecule has 4 N–H and O–H groups in total. The Labute approximate surface area is 121 Å². The number of hydroxylamine groups is 1. The number of nitrogens with one attached hydrogen (secondary N) is 1. The van der Waals surface area contributed by atoms with E-state index in [0.29, 0.717) is 16.3 Å². The van der Waals surface area contributed by atoms with Gasteiger partial charge in [-0.1, -0.05) is 41.9 Å². The van der Waals surface area contributed by atoms with Crippen molar-refractivity contribution >= 4 is 29.3 Å². The quantitative estimate of drug-likeness (QED) is 0.351. The van der Waals surface area contributed by atoms with Crippen LogP contribution in [0.25, 0.3) is 17.2 Å². The fourth-order valence-corrected chi connectivity index (χ4v) is 2.04. The second kappa shape index (κ2) is 6.23. The van der Waals surface area contributed by atoms with E-state index < -0.39 is 5.91 Å². The first kappa shape index (κ1) is 14.1. The Balaban J connectivity index is 2.33. The molecule has 0 fully saturated rings. The number of hydrogen-bond acceptors (Lipinski definition) is 3. The fourth-order valence-electron chi connectivity index (χ4n) is 1.79. The largest absolute Gasteiger partial charge is 0.398 e. The summed E-state index contributed by atoms with van der Waals surface area (Å²) in [5.41, 5.74) is 10.6. The number of benzene rings is 2. The minimum Gasteiger partial charge on any atom is -0.398 e. The topological polar surface area (TPSA) is 75.4 Å². The maximum Gasteiger partial charge on any atom is 0.267 e. The zero-order chi connectivity index (χ0) is 14.5. The van der Waals surface area contributed by atoms with Gasteiger partial charge in [-0.2, -0.15) is 0 Å². The predicted molar refractivity (Wildman–Crippen MR) is 80.3 cm³/mol. The summed E-state index contributed by atoms with van der Waals surface area (Å²) in [4.78, 5) is 10.9. The number of carbonyl (C=O) groups excluding carboxylic acids is 1. The molecule has 1 amide bonds. The third-order valence-electron chi connectivity index (χ3n) is 2.80. The van der Waals surface area contributed by atoms with Crippen molar-refractivity contribution in [3.63, 3.8) is 0 Å². The number of nitrogen functional groups attached to an aromatic ring is 1. The van der Waals surface area contributed by atoms with Gasteiger partial charge < -0.3 is 5.73 Å². The van der Waals surface area contributed by atoms with Gasteiger partial charge in [0, 0.05) is 22.3 Å². The molecule has 0 aliphatic heterocycles. The van der Waals surface area contributed by atoms with Gasteiger partial charge in [0.2, 0.25) is 0 Å².